The molecular formula is C24H25N3O3. The van der Waals surface area contributed by atoms with Crippen molar-refractivity contribution in [3.8, 4) is 11.3 Å². The van der Waals surface area contributed by atoms with Crippen molar-refractivity contribution < 1.29 is 9.90 Å². The Morgan fingerprint density at radius 3 is 2.23 bits per heavy atom. The Bertz CT molecular complexity index is 1190. The zero-order valence-corrected chi connectivity index (χ0v) is 17.0. The van der Waals surface area contributed by atoms with E-state index in [0.29, 0.717) is 34.1 Å². The molecule has 6 nitrogen and oxygen atoms in total. The second-order valence-electron chi connectivity index (χ2n) is 8.32. The van der Waals surface area contributed by atoms with Gasteiger partial charge in [0.15, 0.2) is 5.78 Å². The number of carbonyl (C=O) groups excluding carboxylic acids is 1. The second-order valence-corrected chi connectivity index (χ2v) is 8.32. The average molecular weight is 403 g/mol. The van der Waals surface area contributed by atoms with Crippen LogP contribution >= 0.6 is 0 Å². The molecule has 0 saturated carbocycles. The van der Waals surface area contributed by atoms with E-state index in [2.05, 4.69) is 16.8 Å². The summed E-state index contributed by atoms with van der Waals surface area (Å²) in [5.41, 5.74) is 2.43. The third-order valence-electron chi connectivity index (χ3n) is 6.29. The minimum Gasteiger partial charge on any atom is -0.390 e. The van der Waals surface area contributed by atoms with Gasteiger partial charge in [0.1, 0.15) is 0 Å². The van der Waals surface area contributed by atoms with Crippen molar-refractivity contribution in [2.45, 2.75) is 12.6 Å². The van der Waals surface area contributed by atoms with Crippen LogP contribution in [0.5, 0.6) is 0 Å². The van der Waals surface area contributed by atoms with Crippen molar-refractivity contribution in [3.05, 3.63) is 70.0 Å². The average Bonchev–Trinajstić information content (AvgIpc) is 3.06. The summed E-state index contributed by atoms with van der Waals surface area (Å²) in [5, 5.41) is 12.1. The largest absolute Gasteiger partial charge is 0.390 e. The fourth-order valence-electron chi connectivity index (χ4n) is 4.70. The molecule has 0 spiro atoms. The molecule has 0 bridgehead atoms. The van der Waals surface area contributed by atoms with Gasteiger partial charge >= 0.3 is 0 Å². The first-order valence-corrected chi connectivity index (χ1v) is 10.4. The number of hydrogen-bond acceptors (Lipinski definition) is 5. The van der Waals surface area contributed by atoms with Gasteiger partial charge in [0.2, 0.25) is 0 Å². The summed E-state index contributed by atoms with van der Waals surface area (Å²) < 4.78 is 1.61. The molecule has 1 saturated heterocycles. The standard InChI is InChI=1S/C24H25N3O3/c1-25-10-12-26(13-11-25)14-16(28)15-27-22-18-7-3-4-8-19(18)23(29)21(22)17-6-2-5-9-20(17)24(27)30/h2-9,16,28H,10-15H2,1H3. The molecular weight excluding hydrogens is 378 g/mol. The van der Waals surface area contributed by atoms with Crippen LogP contribution in [-0.2, 0) is 6.54 Å². The van der Waals surface area contributed by atoms with Gasteiger partial charge in [-0.3, -0.25) is 14.5 Å². The number of rotatable bonds is 4. The first kappa shape index (κ1) is 19.2. The highest BCUT2D eigenvalue weighted by Gasteiger charge is 2.32. The first-order valence-electron chi connectivity index (χ1n) is 10.4. The smallest absolute Gasteiger partial charge is 0.259 e. The highest BCUT2D eigenvalue weighted by molar-refractivity contribution is 6.26. The number of carbonyl (C=O) groups is 1. The predicted molar refractivity (Wildman–Crippen MR) is 117 cm³/mol. The Morgan fingerprint density at radius 2 is 1.50 bits per heavy atom. The number of ketones is 1. The molecule has 5 rings (SSSR count). The van der Waals surface area contributed by atoms with Crippen LogP contribution in [-0.4, -0.2) is 71.1 Å². The molecule has 3 aromatic rings. The van der Waals surface area contributed by atoms with Crippen molar-refractivity contribution in [2.24, 2.45) is 0 Å². The number of β-amino-alcohol motifs (C(OH)–C–C–N with tert-alkyl or cyclic N) is 1. The number of benzene rings is 2. The summed E-state index contributed by atoms with van der Waals surface area (Å²) in [6.45, 7) is 4.43. The number of likely N-dealkylation sites (N-methyl/N-ethyl adjacent to an activating group) is 1. The number of aliphatic hydroxyl groups is 1. The molecule has 1 atom stereocenters. The predicted octanol–water partition coefficient (Wildman–Crippen LogP) is 1.82. The minimum atomic E-state index is -0.695. The maximum atomic E-state index is 13.4. The van der Waals surface area contributed by atoms with Crippen molar-refractivity contribution in [1.82, 2.24) is 14.4 Å². The third-order valence-corrected chi connectivity index (χ3v) is 6.29. The van der Waals surface area contributed by atoms with Crippen molar-refractivity contribution in [3.63, 3.8) is 0 Å². The number of aromatic nitrogens is 1. The molecule has 30 heavy (non-hydrogen) atoms. The molecule has 1 aromatic heterocycles. The maximum Gasteiger partial charge on any atom is 0.259 e. The zero-order chi connectivity index (χ0) is 20.8. The molecule has 6 heteroatoms. The molecule has 2 heterocycles. The van der Waals surface area contributed by atoms with Crippen LogP contribution in [0.4, 0.5) is 0 Å². The summed E-state index contributed by atoms with van der Waals surface area (Å²) in [7, 11) is 2.10. The van der Waals surface area contributed by atoms with Crippen molar-refractivity contribution >= 4 is 16.6 Å². The summed E-state index contributed by atoms with van der Waals surface area (Å²) in [6.07, 6.45) is -0.695. The van der Waals surface area contributed by atoms with Crippen LogP contribution in [0.2, 0.25) is 0 Å². The van der Waals surface area contributed by atoms with Gasteiger partial charge in [0.05, 0.1) is 23.9 Å². The lowest BCUT2D eigenvalue weighted by molar-refractivity contribution is 0.0708. The lowest BCUT2D eigenvalue weighted by Crippen LogP contribution is -2.48. The van der Waals surface area contributed by atoms with E-state index < -0.39 is 6.10 Å². The molecule has 1 aliphatic carbocycles. The van der Waals surface area contributed by atoms with Crippen LogP contribution in [0.15, 0.2) is 53.3 Å². The Labute approximate surface area is 175 Å². The Kier molecular flexibility index (Phi) is 4.77. The highest BCUT2D eigenvalue weighted by atomic mass is 16.3. The molecule has 2 aromatic carbocycles. The van der Waals surface area contributed by atoms with Gasteiger partial charge in [-0.25, -0.2) is 0 Å². The lowest BCUT2D eigenvalue weighted by atomic mass is 10.0. The zero-order valence-electron chi connectivity index (χ0n) is 17.0. The van der Waals surface area contributed by atoms with Gasteiger partial charge in [-0.15, -0.1) is 0 Å². The number of aliphatic hydroxyl groups excluding tert-OH is 1. The fourth-order valence-corrected chi connectivity index (χ4v) is 4.70. The van der Waals surface area contributed by atoms with E-state index in [1.165, 1.54) is 0 Å². The van der Waals surface area contributed by atoms with Crippen molar-refractivity contribution in [1.29, 1.82) is 0 Å². The summed E-state index contributed by atoms with van der Waals surface area (Å²) in [5.74, 6) is -0.0564. The van der Waals surface area contributed by atoms with E-state index in [0.717, 1.165) is 31.7 Å². The topological polar surface area (TPSA) is 65.8 Å². The fraction of sp³-hybridized carbons (Fsp3) is 0.333. The van der Waals surface area contributed by atoms with Gasteiger partial charge in [0.25, 0.3) is 5.56 Å². The van der Waals surface area contributed by atoms with Crippen LogP contribution < -0.4 is 5.56 Å². The monoisotopic (exact) mass is 403 g/mol. The second kappa shape index (κ2) is 7.47. The van der Waals surface area contributed by atoms with Gasteiger partial charge in [0, 0.05) is 54.6 Å². The maximum absolute atomic E-state index is 13.4. The van der Waals surface area contributed by atoms with E-state index in [4.69, 9.17) is 0 Å². The van der Waals surface area contributed by atoms with Crippen molar-refractivity contribution in [2.75, 3.05) is 39.8 Å². The minimum absolute atomic E-state index is 0.0564. The molecule has 1 aliphatic heterocycles. The van der Waals surface area contributed by atoms with Crippen LogP contribution in [0.3, 0.4) is 0 Å². The van der Waals surface area contributed by atoms with Gasteiger partial charge in [-0.1, -0.05) is 42.5 Å². The lowest BCUT2D eigenvalue weighted by Gasteiger charge is -2.33. The molecule has 2 aliphatic rings. The number of pyridine rings is 1. The summed E-state index contributed by atoms with van der Waals surface area (Å²) >= 11 is 0. The Hall–Kier alpha value is -2.80. The van der Waals surface area contributed by atoms with Gasteiger partial charge < -0.3 is 14.6 Å². The Morgan fingerprint density at radius 1 is 0.867 bits per heavy atom. The number of nitrogens with zero attached hydrogens (tertiary/aromatic N) is 3. The number of piperazine rings is 1. The SMILES string of the molecule is CN1CCN(CC(O)Cn2c3c(c4ccccc4c2=O)C(=O)c2ccccc2-3)CC1. The first-order chi connectivity index (χ1) is 14.5. The molecule has 154 valence electrons. The van der Waals surface area contributed by atoms with E-state index in [9.17, 15) is 14.7 Å². The van der Waals surface area contributed by atoms with Gasteiger partial charge in [-0.2, -0.15) is 0 Å². The highest BCUT2D eigenvalue weighted by Crippen LogP contribution is 2.39. The third kappa shape index (κ3) is 3.08. The van der Waals surface area contributed by atoms with E-state index in [-0.39, 0.29) is 17.9 Å². The number of hydrogen-bond donors (Lipinski definition) is 1. The quantitative estimate of drug-likeness (QED) is 0.563. The van der Waals surface area contributed by atoms with Crippen LogP contribution in [0.1, 0.15) is 15.9 Å². The molecule has 0 radical (unpaired) electrons. The number of fused-ring (bicyclic) bond motifs is 5. The molecule has 1 unspecified atom stereocenters. The van der Waals surface area contributed by atoms with E-state index in [1.54, 1.807) is 10.6 Å². The molecule has 1 N–H and O–H groups in total. The summed E-state index contributed by atoms with van der Waals surface area (Å²) in [6, 6.07) is 14.7. The van der Waals surface area contributed by atoms with E-state index in [1.807, 2.05) is 42.5 Å². The summed E-state index contributed by atoms with van der Waals surface area (Å²) in [4.78, 5) is 31.1. The normalized spacial score (nSPS) is 17.9. The van der Waals surface area contributed by atoms with E-state index >= 15 is 0 Å². The Balaban J connectivity index is 1.58. The molecule has 1 fully saturated rings. The molecule has 0 amide bonds. The van der Waals surface area contributed by atoms with Crippen LogP contribution in [0, 0.1) is 0 Å². The van der Waals surface area contributed by atoms with Crippen LogP contribution in [0.25, 0.3) is 22.0 Å². The van der Waals surface area contributed by atoms with Gasteiger partial charge in [-0.05, 0) is 13.1 Å².